The molecule has 0 bridgehead atoms. The second-order valence-electron chi connectivity index (χ2n) is 9.30. The van der Waals surface area contributed by atoms with Crippen LogP contribution in [0.2, 0.25) is 0 Å². The van der Waals surface area contributed by atoms with Gasteiger partial charge in [-0.25, -0.2) is 0 Å². The van der Waals surface area contributed by atoms with Gasteiger partial charge in [-0.15, -0.1) is 0 Å². The molecule has 2 aliphatic rings. The molecule has 0 atom stereocenters. The minimum absolute atomic E-state index is 0.0280. The minimum Gasteiger partial charge on any atom is -0.339 e. The Balaban J connectivity index is 1.16. The number of aromatic amines is 1. The van der Waals surface area contributed by atoms with Crippen LogP contribution in [0.1, 0.15) is 34.5 Å². The molecule has 2 aromatic carbocycles. The molecular weight excluding hydrogens is 426 g/mol. The average Bonchev–Trinajstić information content (AvgIpc) is 3.31. The van der Waals surface area contributed by atoms with Crippen molar-refractivity contribution in [3.05, 3.63) is 65.4 Å². The summed E-state index contributed by atoms with van der Waals surface area (Å²) in [4.78, 5) is 31.9. The van der Waals surface area contributed by atoms with Crippen LogP contribution < -0.4 is 0 Å². The van der Waals surface area contributed by atoms with Crippen LogP contribution in [0.4, 0.5) is 0 Å². The monoisotopic (exact) mass is 457 g/mol. The van der Waals surface area contributed by atoms with Crippen molar-refractivity contribution in [2.45, 2.75) is 12.8 Å². The predicted molar refractivity (Wildman–Crippen MR) is 134 cm³/mol. The van der Waals surface area contributed by atoms with E-state index in [-0.39, 0.29) is 17.7 Å². The molecule has 2 amide bonds. The van der Waals surface area contributed by atoms with E-state index in [9.17, 15) is 9.59 Å². The number of carbonyl (C=O) groups is 2. The third-order valence-corrected chi connectivity index (χ3v) is 7.04. The fourth-order valence-corrected chi connectivity index (χ4v) is 4.85. The number of rotatable bonds is 4. The molecule has 7 nitrogen and oxygen atoms in total. The molecule has 0 aliphatic carbocycles. The quantitative estimate of drug-likeness (QED) is 0.652. The number of aromatic nitrogens is 2. The summed E-state index contributed by atoms with van der Waals surface area (Å²) in [5.74, 6) is 0.430. The molecule has 2 aliphatic heterocycles. The van der Waals surface area contributed by atoms with E-state index in [1.54, 1.807) is 0 Å². The van der Waals surface area contributed by atoms with Gasteiger partial charge in [-0.05, 0) is 62.8 Å². The summed E-state index contributed by atoms with van der Waals surface area (Å²) in [6.45, 7) is 4.39. The number of para-hydroxylation sites is 1. The van der Waals surface area contributed by atoms with Gasteiger partial charge >= 0.3 is 0 Å². The Hall–Kier alpha value is -3.45. The van der Waals surface area contributed by atoms with Gasteiger partial charge in [-0.3, -0.25) is 14.7 Å². The Morgan fingerprint density at radius 3 is 2.29 bits per heavy atom. The molecular formula is C27H31N5O2. The Kier molecular flexibility index (Phi) is 6.45. The van der Waals surface area contributed by atoms with Crippen LogP contribution in [-0.2, 0) is 4.79 Å². The lowest BCUT2D eigenvalue weighted by atomic mass is 9.95. The number of carbonyl (C=O) groups excluding carboxylic acids is 2. The van der Waals surface area contributed by atoms with Crippen LogP contribution in [0.3, 0.4) is 0 Å². The van der Waals surface area contributed by atoms with E-state index >= 15 is 0 Å². The highest BCUT2D eigenvalue weighted by atomic mass is 16.2. The van der Waals surface area contributed by atoms with Gasteiger partial charge in [0.2, 0.25) is 5.91 Å². The zero-order valence-corrected chi connectivity index (χ0v) is 19.6. The van der Waals surface area contributed by atoms with Crippen molar-refractivity contribution in [1.82, 2.24) is 24.9 Å². The molecule has 5 rings (SSSR count). The zero-order chi connectivity index (χ0) is 23.5. The molecule has 176 valence electrons. The fraction of sp³-hybridized carbons (Fsp3) is 0.370. The zero-order valence-electron chi connectivity index (χ0n) is 19.6. The molecule has 0 saturated carbocycles. The summed E-state index contributed by atoms with van der Waals surface area (Å²) in [5, 5.41) is 8.49. The van der Waals surface area contributed by atoms with Gasteiger partial charge in [0.1, 0.15) is 0 Å². The van der Waals surface area contributed by atoms with Gasteiger partial charge in [-0.1, -0.05) is 36.4 Å². The van der Waals surface area contributed by atoms with E-state index in [1.807, 2.05) is 70.5 Å². The first kappa shape index (κ1) is 22.3. The molecule has 3 heterocycles. The van der Waals surface area contributed by atoms with Crippen LogP contribution in [0.15, 0.2) is 48.5 Å². The van der Waals surface area contributed by atoms with Gasteiger partial charge in [0.25, 0.3) is 5.91 Å². The first-order valence-corrected chi connectivity index (χ1v) is 12.1. The molecule has 0 unspecified atom stereocenters. The number of nitrogens with one attached hydrogen (secondary N) is 1. The summed E-state index contributed by atoms with van der Waals surface area (Å²) in [5.41, 5.74) is 3.59. The maximum absolute atomic E-state index is 13.0. The predicted octanol–water partition coefficient (Wildman–Crippen LogP) is 3.36. The normalized spacial score (nSPS) is 18.1. The number of fused-ring (bicyclic) bond motifs is 1. The van der Waals surface area contributed by atoms with E-state index < -0.39 is 0 Å². The number of piperidine rings is 1. The largest absolute Gasteiger partial charge is 0.339 e. The maximum Gasteiger partial charge on any atom is 0.253 e. The third-order valence-electron chi connectivity index (χ3n) is 7.04. The molecule has 34 heavy (non-hydrogen) atoms. The van der Waals surface area contributed by atoms with E-state index in [0.717, 1.165) is 48.1 Å². The van der Waals surface area contributed by atoms with E-state index in [4.69, 9.17) is 0 Å². The van der Waals surface area contributed by atoms with Gasteiger partial charge in [-0.2, -0.15) is 5.10 Å². The number of H-pyrrole nitrogens is 1. The van der Waals surface area contributed by atoms with Gasteiger partial charge in [0, 0.05) is 43.0 Å². The second kappa shape index (κ2) is 9.81. The highest BCUT2D eigenvalue weighted by Crippen LogP contribution is 2.21. The van der Waals surface area contributed by atoms with E-state index in [2.05, 4.69) is 22.1 Å². The van der Waals surface area contributed by atoms with Crippen molar-refractivity contribution in [3.63, 3.8) is 0 Å². The van der Waals surface area contributed by atoms with E-state index in [1.165, 1.54) is 0 Å². The topological polar surface area (TPSA) is 72.5 Å². The van der Waals surface area contributed by atoms with Crippen molar-refractivity contribution in [2.75, 3.05) is 46.3 Å². The highest BCUT2D eigenvalue weighted by molar-refractivity contribution is 5.95. The Bertz CT molecular complexity index is 1180. The molecule has 2 saturated heterocycles. The van der Waals surface area contributed by atoms with Crippen molar-refractivity contribution in [1.29, 1.82) is 0 Å². The number of nitrogens with zero attached hydrogens (tertiary/aromatic N) is 4. The summed E-state index contributed by atoms with van der Waals surface area (Å²) in [6, 6.07) is 15.7. The summed E-state index contributed by atoms with van der Waals surface area (Å²) in [6.07, 6.45) is 5.86. The molecule has 1 aromatic heterocycles. The number of piperazine rings is 1. The first-order chi connectivity index (χ1) is 16.6. The second-order valence-corrected chi connectivity index (χ2v) is 9.30. The lowest BCUT2D eigenvalue weighted by molar-refractivity contribution is -0.138. The minimum atomic E-state index is 0.0280. The molecule has 0 spiro atoms. The maximum atomic E-state index is 13.0. The van der Waals surface area contributed by atoms with Crippen LogP contribution in [0, 0.1) is 5.92 Å². The van der Waals surface area contributed by atoms with Crippen molar-refractivity contribution >= 4 is 34.9 Å². The lowest BCUT2D eigenvalue weighted by Gasteiger charge is -2.38. The lowest BCUT2D eigenvalue weighted by Crippen LogP contribution is -2.52. The van der Waals surface area contributed by atoms with Crippen LogP contribution in [-0.4, -0.2) is 83.0 Å². The fourth-order valence-electron chi connectivity index (χ4n) is 4.85. The third kappa shape index (κ3) is 4.75. The molecule has 2 fully saturated rings. The van der Waals surface area contributed by atoms with Gasteiger partial charge < -0.3 is 14.7 Å². The van der Waals surface area contributed by atoms with Crippen molar-refractivity contribution in [3.8, 4) is 0 Å². The van der Waals surface area contributed by atoms with Crippen molar-refractivity contribution < 1.29 is 9.59 Å². The van der Waals surface area contributed by atoms with E-state index in [0.29, 0.717) is 31.7 Å². The SMILES string of the molecule is CN1CCC(C(=O)N2CCN(C(=O)c3ccc(/C=C/c4n[nH]c5ccccc45)cc3)CC2)CC1. The molecule has 1 N–H and O–H groups in total. The Morgan fingerprint density at radius 1 is 0.882 bits per heavy atom. The number of hydrogen-bond acceptors (Lipinski definition) is 4. The number of amides is 2. The molecule has 0 radical (unpaired) electrons. The highest BCUT2D eigenvalue weighted by Gasteiger charge is 2.30. The Labute approximate surface area is 200 Å². The van der Waals surface area contributed by atoms with Gasteiger partial charge in [0.05, 0.1) is 11.2 Å². The molecule has 7 heteroatoms. The number of likely N-dealkylation sites (tertiary alicyclic amines) is 1. The smallest absolute Gasteiger partial charge is 0.253 e. The summed E-state index contributed by atoms with van der Waals surface area (Å²) in [7, 11) is 2.11. The molecule has 3 aromatic rings. The van der Waals surface area contributed by atoms with Crippen LogP contribution in [0.5, 0.6) is 0 Å². The summed E-state index contributed by atoms with van der Waals surface area (Å²) < 4.78 is 0. The van der Waals surface area contributed by atoms with Crippen LogP contribution in [0.25, 0.3) is 23.1 Å². The number of hydrogen-bond donors (Lipinski definition) is 1. The summed E-state index contributed by atoms with van der Waals surface area (Å²) >= 11 is 0. The first-order valence-electron chi connectivity index (χ1n) is 12.1. The number of benzene rings is 2. The Morgan fingerprint density at radius 2 is 1.56 bits per heavy atom. The standard InChI is InChI=1S/C27H31N5O2/c1-30-14-12-22(13-15-30)27(34)32-18-16-31(17-19-32)26(33)21-9-6-20(7-10-21)8-11-25-23-4-2-3-5-24(23)28-29-25/h2-11,22H,12-19H2,1H3,(H,28,29)/b11-8+. The van der Waals surface area contributed by atoms with Crippen LogP contribution >= 0.6 is 0 Å². The van der Waals surface area contributed by atoms with Crippen molar-refractivity contribution in [2.24, 2.45) is 5.92 Å². The van der Waals surface area contributed by atoms with Gasteiger partial charge in [0.15, 0.2) is 0 Å². The average molecular weight is 458 g/mol.